The van der Waals surface area contributed by atoms with E-state index in [0.717, 1.165) is 30.0 Å². The molecule has 2 aromatic carbocycles. The molecule has 0 saturated carbocycles. The van der Waals surface area contributed by atoms with Crippen molar-refractivity contribution in [3.63, 3.8) is 0 Å². The van der Waals surface area contributed by atoms with Gasteiger partial charge < -0.3 is 5.32 Å². The Morgan fingerprint density at radius 1 is 1.05 bits per heavy atom. The van der Waals surface area contributed by atoms with Crippen LogP contribution in [0.5, 0.6) is 0 Å². The number of H-pyrrole nitrogens is 1. The Morgan fingerprint density at radius 3 is 2.74 bits per heavy atom. The number of nitrogens with zero attached hydrogens (tertiary/aromatic N) is 1. The van der Waals surface area contributed by atoms with Gasteiger partial charge in [0, 0.05) is 18.2 Å². The number of aromatic nitrogens is 2. The van der Waals surface area contributed by atoms with Gasteiger partial charge in [-0.3, -0.25) is 5.10 Å². The third-order valence-corrected chi connectivity index (χ3v) is 3.19. The molecule has 0 unspecified atom stereocenters. The van der Waals surface area contributed by atoms with Gasteiger partial charge in [0.05, 0.1) is 5.69 Å². The van der Waals surface area contributed by atoms with E-state index in [1.807, 2.05) is 0 Å². The molecule has 3 aromatic rings. The molecule has 3 nitrogen and oxygen atoms in total. The standard InChI is InChI=1S/C16H17N3/c1-2-9-17-16-11-15(18-19-16)14-8-7-12-5-3-4-6-13(12)10-14/h3-8,10-11H,2,9H2,1H3,(H2,17,18,19). The van der Waals surface area contributed by atoms with Gasteiger partial charge in [-0.05, 0) is 23.3 Å². The summed E-state index contributed by atoms with van der Waals surface area (Å²) in [5.41, 5.74) is 2.21. The minimum absolute atomic E-state index is 0.907. The van der Waals surface area contributed by atoms with E-state index in [-0.39, 0.29) is 0 Å². The van der Waals surface area contributed by atoms with Crippen molar-refractivity contribution in [1.82, 2.24) is 10.2 Å². The zero-order valence-electron chi connectivity index (χ0n) is 11.0. The van der Waals surface area contributed by atoms with Crippen LogP contribution in [0.2, 0.25) is 0 Å². The molecule has 0 aliphatic heterocycles. The molecule has 96 valence electrons. The van der Waals surface area contributed by atoms with Crippen molar-refractivity contribution >= 4 is 16.6 Å². The highest BCUT2D eigenvalue weighted by Gasteiger charge is 2.03. The number of fused-ring (bicyclic) bond motifs is 1. The fourth-order valence-electron chi connectivity index (χ4n) is 2.17. The van der Waals surface area contributed by atoms with Crippen molar-refractivity contribution in [3.8, 4) is 11.3 Å². The van der Waals surface area contributed by atoms with Crippen LogP contribution in [0.25, 0.3) is 22.0 Å². The lowest BCUT2D eigenvalue weighted by Crippen LogP contribution is -1.99. The summed E-state index contributed by atoms with van der Waals surface area (Å²) >= 11 is 0. The van der Waals surface area contributed by atoms with Crippen LogP contribution in [0, 0.1) is 0 Å². The van der Waals surface area contributed by atoms with Gasteiger partial charge >= 0.3 is 0 Å². The monoisotopic (exact) mass is 251 g/mol. The molecule has 0 aliphatic carbocycles. The van der Waals surface area contributed by atoms with Crippen LogP contribution in [0.15, 0.2) is 48.5 Å². The second kappa shape index (κ2) is 5.14. The topological polar surface area (TPSA) is 40.7 Å². The van der Waals surface area contributed by atoms with Crippen LogP contribution in [-0.2, 0) is 0 Å². The van der Waals surface area contributed by atoms with E-state index < -0.39 is 0 Å². The molecule has 0 radical (unpaired) electrons. The maximum absolute atomic E-state index is 4.27. The Labute approximate surface area is 112 Å². The number of aromatic amines is 1. The van der Waals surface area contributed by atoms with E-state index in [0.29, 0.717) is 0 Å². The fourth-order valence-corrected chi connectivity index (χ4v) is 2.17. The predicted molar refractivity (Wildman–Crippen MR) is 80.3 cm³/mol. The van der Waals surface area contributed by atoms with Crippen LogP contribution in [0.4, 0.5) is 5.82 Å². The van der Waals surface area contributed by atoms with Crippen LogP contribution in [0.3, 0.4) is 0 Å². The Kier molecular flexibility index (Phi) is 3.19. The fraction of sp³-hybridized carbons (Fsp3) is 0.188. The van der Waals surface area contributed by atoms with Crippen molar-refractivity contribution in [1.29, 1.82) is 0 Å². The summed E-state index contributed by atoms with van der Waals surface area (Å²) in [7, 11) is 0. The molecule has 0 amide bonds. The van der Waals surface area contributed by atoms with Gasteiger partial charge in [0.25, 0.3) is 0 Å². The predicted octanol–water partition coefficient (Wildman–Crippen LogP) is 4.05. The van der Waals surface area contributed by atoms with Gasteiger partial charge in [-0.15, -0.1) is 0 Å². The van der Waals surface area contributed by atoms with Gasteiger partial charge in [-0.25, -0.2) is 0 Å². The Morgan fingerprint density at radius 2 is 1.89 bits per heavy atom. The molecule has 0 atom stereocenters. The zero-order valence-corrected chi connectivity index (χ0v) is 11.0. The quantitative estimate of drug-likeness (QED) is 0.734. The number of nitrogens with one attached hydrogen (secondary N) is 2. The summed E-state index contributed by atoms with van der Waals surface area (Å²) in [5, 5.41) is 13.1. The smallest absolute Gasteiger partial charge is 0.148 e. The first-order valence-electron chi connectivity index (χ1n) is 6.65. The Hall–Kier alpha value is -2.29. The Bertz CT molecular complexity index is 685. The minimum atomic E-state index is 0.907. The van der Waals surface area contributed by atoms with Gasteiger partial charge in [-0.2, -0.15) is 5.10 Å². The first-order valence-corrected chi connectivity index (χ1v) is 6.65. The van der Waals surface area contributed by atoms with E-state index in [2.05, 4.69) is 71.0 Å². The summed E-state index contributed by atoms with van der Waals surface area (Å²) in [5.74, 6) is 0.907. The molecule has 3 heteroatoms. The molecular formula is C16H17N3. The molecule has 0 aliphatic rings. The van der Waals surface area contributed by atoms with Gasteiger partial charge in [0.2, 0.25) is 0 Å². The average Bonchev–Trinajstić information content (AvgIpc) is 2.93. The Balaban J connectivity index is 1.92. The first kappa shape index (κ1) is 11.8. The number of benzene rings is 2. The highest BCUT2D eigenvalue weighted by Crippen LogP contribution is 2.24. The maximum atomic E-state index is 4.27. The summed E-state index contributed by atoms with van der Waals surface area (Å²) < 4.78 is 0. The van der Waals surface area contributed by atoms with Gasteiger partial charge in [0.1, 0.15) is 5.82 Å². The van der Waals surface area contributed by atoms with Gasteiger partial charge in [0.15, 0.2) is 0 Å². The zero-order chi connectivity index (χ0) is 13.1. The first-order chi connectivity index (χ1) is 9.36. The molecule has 3 rings (SSSR count). The molecule has 1 heterocycles. The molecule has 0 saturated heterocycles. The summed E-state index contributed by atoms with van der Waals surface area (Å²) in [4.78, 5) is 0. The molecule has 2 N–H and O–H groups in total. The van der Waals surface area contributed by atoms with E-state index in [1.54, 1.807) is 0 Å². The minimum Gasteiger partial charge on any atom is -0.369 e. The van der Waals surface area contributed by atoms with E-state index in [9.17, 15) is 0 Å². The van der Waals surface area contributed by atoms with Crippen LogP contribution in [0.1, 0.15) is 13.3 Å². The van der Waals surface area contributed by atoms with Crippen molar-refractivity contribution < 1.29 is 0 Å². The molecule has 0 bridgehead atoms. The second-order valence-electron chi connectivity index (χ2n) is 4.66. The lowest BCUT2D eigenvalue weighted by Gasteiger charge is -2.01. The maximum Gasteiger partial charge on any atom is 0.148 e. The van der Waals surface area contributed by atoms with Crippen LogP contribution in [-0.4, -0.2) is 16.7 Å². The van der Waals surface area contributed by atoms with Crippen molar-refractivity contribution in [3.05, 3.63) is 48.5 Å². The lowest BCUT2D eigenvalue weighted by molar-refractivity contribution is 0.961. The largest absolute Gasteiger partial charge is 0.369 e. The molecule has 0 fully saturated rings. The molecule has 0 spiro atoms. The number of hydrogen-bond acceptors (Lipinski definition) is 2. The van der Waals surface area contributed by atoms with Crippen molar-refractivity contribution in [2.75, 3.05) is 11.9 Å². The molecular weight excluding hydrogens is 234 g/mol. The highest BCUT2D eigenvalue weighted by molar-refractivity contribution is 5.86. The molecule has 1 aromatic heterocycles. The third kappa shape index (κ3) is 2.45. The van der Waals surface area contributed by atoms with E-state index >= 15 is 0 Å². The lowest BCUT2D eigenvalue weighted by atomic mass is 10.1. The average molecular weight is 251 g/mol. The number of hydrogen-bond donors (Lipinski definition) is 2. The molecule has 19 heavy (non-hydrogen) atoms. The number of anilines is 1. The van der Waals surface area contributed by atoms with Crippen molar-refractivity contribution in [2.24, 2.45) is 0 Å². The summed E-state index contributed by atoms with van der Waals surface area (Å²) in [6.07, 6.45) is 1.10. The summed E-state index contributed by atoms with van der Waals surface area (Å²) in [6, 6.07) is 16.9. The van der Waals surface area contributed by atoms with Crippen LogP contribution < -0.4 is 5.32 Å². The second-order valence-corrected chi connectivity index (χ2v) is 4.66. The van der Waals surface area contributed by atoms with E-state index in [1.165, 1.54) is 10.8 Å². The van der Waals surface area contributed by atoms with E-state index in [4.69, 9.17) is 0 Å². The normalized spacial score (nSPS) is 10.8. The highest BCUT2D eigenvalue weighted by atomic mass is 15.2. The van der Waals surface area contributed by atoms with Crippen LogP contribution >= 0.6 is 0 Å². The van der Waals surface area contributed by atoms with Gasteiger partial charge in [-0.1, -0.05) is 43.3 Å². The summed E-state index contributed by atoms with van der Waals surface area (Å²) in [6.45, 7) is 3.09. The SMILES string of the molecule is CCCNc1cc(-c2ccc3ccccc3c2)[nH]n1. The van der Waals surface area contributed by atoms with Crippen molar-refractivity contribution in [2.45, 2.75) is 13.3 Å². The number of rotatable bonds is 4. The third-order valence-electron chi connectivity index (χ3n) is 3.19.